The van der Waals surface area contributed by atoms with Crippen molar-refractivity contribution in [3.05, 3.63) is 30.3 Å². The Balaban J connectivity index is 1.36. The van der Waals surface area contributed by atoms with Crippen molar-refractivity contribution in [1.82, 2.24) is 30.8 Å². The molecule has 0 amide bonds. The molecule has 5 aliphatic heterocycles. The second-order valence-electron chi connectivity index (χ2n) is 13.0. The minimum Gasteiger partial charge on any atom is -0.391 e. The zero-order valence-electron chi connectivity index (χ0n) is 24.9. The van der Waals surface area contributed by atoms with Crippen LogP contribution in [0.2, 0.25) is 0 Å². The molecule has 2 unspecified atom stereocenters. The summed E-state index contributed by atoms with van der Waals surface area (Å²) in [5, 5.41) is 24.4. The number of likely N-dealkylation sites (N-methyl/N-ethyl adjacent to an activating group) is 1. The summed E-state index contributed by atoms with van der Waals surface area (Å²) in [4.78, 5) is 8.35. The van der Waals surface area contributed by atoms with Crippen LogP contribution in [0.4, 0.5) is 5.69 Å². The fourth-order valence-corrected chi connectivity index (χ4v) is 8.65. The van der Waals surface area contributed by atoms with E-state index >= 15 is 0 Å². The smallest absolute Gasteiger partial charge is 0.247 e. The molecule has 0 aliphatic carbocycles. The number of piperidine rings is 1. The molecule has 1 aromatic rings. The molecule has 1 aromatic carbocycles. The Morgan fingerprint density at radius 3 is 2.12 bits per heavy atom. The summed E-state index contributed by atoms with van der Waals surface area (Å²) < 4.78 is 2.03. The Bertz CT molecular complexity index is 922. The van der Waals surface area contributed by atoms with Gasteiger partial charge in [-0.3, -0.25) is 4.90 Å². The van der Waals surface area contributed by atoms with E-state index in [4.69, 9.17) is 0 Å². The van der Waals surface area contributed by atoms with Gasteiger partial charge in [0.05, 0.1) is 32.8 Å². The highest BCUT2D eigenvalue weighted by Crippen LogP contribution is 2.41. The molecule has 224 valence electrons. The van der Waals surface area contributed by atoms with Crippen molar-refractivity contribution in [2.45, 2.75) is 24.7 Å². The number of nitrogens with one attached hydrogen (secondary N) is 3. The summed E-state index contributed by atoms with van der Waals surface area (Å²) in [7, 11) is 2.37. The summed E-state index contributed by atoms with van der Waals surface area (Å²) in [6.45, 7) is 19.9. The topological polar surface area (TPSA) is 69.3 Å². The number of aliphatic hydroxyl groups is 1. The van der Waals surface area contributed by atoms with Crippen LogP contribution in [-0.2, 0) is 0 Å². The number of hydrogen-bond acceptors (Lipinski definition) is 8. The summed E-state index contributed by atoms with van der Waals surface area (Å²) in [6, 6.07) is 11.5. The molecule has 5 heterocycles. The third-order valence-electron chi connectivity index (χ3n) is 10.9. The second kappa shape index (κ2) is 12.5. The lowest BCUT2D eigenvalue weighted by molar-refractivity contribution is -1.13. The average Bonchev–Trinajstić information content (AvgIpc) is 3.03. The highest BCUT2D eigenvalue weighted by Gasteiger charge is 2.67. The van der Waals surface area contributed by atoms with Gasteiger partial charge in [0, 0.05) is 77.7 Å². The molecule has 0 spiro atoms. The fourth-order valence-electron chi connectivity index (χ4n) is 8.65. The molecule has 40 heavy (non-hydrogen) atoms. The zero-order chi connectivity index (χ0) is 27.5. The number of quaternary nitrogens is 2. The van der Waals surface area contributed by atoms with Gasteiger partial charge in [-0.15, -0.1) is 5.01 Å². The van der Waals surface area contributed by atoms with E-state index in [0.29, 0.717) is 6.04 Å². The molecule has 2 atom stereocenters. The van der Waals surface area contributed by atoms with E-state index in [0.717, 1.165) is 127 Å². The molecule has 0 radical (unpaired) electrons. The van der Waals surface area contributed by atoms with Crippen LogP contribution in [0.25, 0.3) is 0 Å². The van der Waals surface area contributed by atoms with Crippen molar-refractivity contribution >= 4 is 5.69 Å². The molecule has 0 saturated carbocycles. The largest absolute Gasteiger partial charge is 0.391 e. The van der Waals surface area contributed by atoms with Gasteiger partial charge in [-0.1, -0.05) is 18.2 Å². The lowest BCUT2D eigenvalue weighted by Crippen LogP contribution is -2.92. The first-order valence-corrected chi connectivity index (χ1v) is 16.1. The number of piperazine rings is 4. The van der Waals surface area contributed by atoms with Gasteiger partial charge in [0.2, 0.25) is 5.79 Å². The molecule has 10 nitrogen and oxygen atoms in total. The number of benzene rings is 1. The number of nitrogens with zero attached hydrogens (tertiary/aromatic N) is 6. The molecule has 10 heteroatoms. The summed E-state index contributed by atoms with van der Waals surface area (Å²) in [5.74, 6) is -0.128. The van der Waals surface area contributed by atoms with Crippen molar-refractivity contribution in [3.8, 4) is 0 Å². The predicted octanol–water partition coefficient (Wildman–Crippen LogP) is -0.791. The van der Waals surface area contributed by atoms with Crippen LogP contribution in [0.1, 0.15) is 12.8 Å². The maximum Gasteiger partial charge on any atom is 0.247 e. The Hall–Kier alpha value is -1.34. The average molecular weight is 558 g/mol. The molecular formula is C30H55N9O+2. The van der Waals surface area contributed by atoms with Crippen molar-refractivity contribution in [1.29, 1.82) is 0 Å². The Kier molecular flexibility index (Phi) is 8.98. The Morgan fingerprint density at radius 2 is 1.48 bits per heavy atom. The number of aliphatic hydroxyl groups excluding tert-OH is 1. The quantitative estimate of drug-likeness (QED) is 0.326. The molecule has 0 bridgehead atoms. The minimum absolute atomic E-state index is 0.128. The highest BCUT2D eigenvalue weighted by atomic mass is 16.3. The third kappa shape index (κ3) is 5.31. The third-order valence-corrected chi connectivity index (χ3v) is 10.9. The zero-order valence-corrected chi connectivity index (χ0v) is 24.9. The second-order valence-corrected chi connectivity index (χ2v) is 13.0. The van der Waals surface area contributed by atoms with Crippen molar-refractivity contribution in [3.63, 3.8) is 0 Å². The monoisotopic (exact) mass is 557 g/mol. The van der Waals surface area contributed by atoms with E-state index in [1.165, 1.54) is 18.5 Å². The van der Waals surface area contributed by atoms with E-state index in [1.54, 1.807) is 0 Å². The van der Waals surface area contributed by atoms with Crippen LogP contribution in [0.15, 0.2) is 30.3 Å². The number of rotatable bonds is 7. The molecule has 5 saturated heterocycles. The first-order valence-electron chi connectivity index (χ1n) is 16.1. The summed E-state index contributed by atoms with van der Waals surface area (Å²) >= 11 is 0. The van der Waals surface area contributed by atoms with Crippen molar-refractivity contribution < 1.29 is 14.2 Å². The molecular weight excluding hydrogens is 502 g/mol. The summed E-state index contributed by atoms with van der Waals surface area (Å²) in [5.41, 5.74) is 1.36. The molecule has 5 fully saturated rings. The van der Waals surface area contributed by atoms with Crippen LogP contribution >= 0.6 is 0 Å². The van der Waals surface area contributed by atoms with E-state index in [-0.39, 0.29) is 12.4 Å². The number of anilines is 1. The normalized spacial score (nSPS) is 37.5. The van der Waals surface area contributed by atoms with Gasteiger partial charge in [-0.25, -0.2) is 14.8 Å². The maximum atomic E-state index is 9.90. The van der Waals surface area contributed by atoms with E-state index < -0.39 is 0 Å². The predicted molar refractivity (Wildman–Crippen MR) is 161 cm³/mol. The van der Waals surface area contributed by atoms with Gasteiger partial charge in [-0.2, -0.15) is 0 Å². The van der Waals surface area contributed by atoms with Crippen molar-refractivity contribution in [2.75, 3.05) is 136 Å². The molecule has 4 N–H and O–H groups in total. The van der Waals surface area contributed by atoms with Gasteiger partial charge in [0.15, 0.2) is 0 Å². The van der Waals surface area contributed by atoms with Gasteiger partial charge in [-0.05, 0) is 25.0 Å². The Labute approximate surface area is 242 Å². The fraction of sp³-hybridized carbons (Fsp3) is 0.800. The number of hydrogen-bond donors (Lipinski definition) is 4. The first kappa shape index (κ1) is 28.8. The van der Waals surface area contributed by atoms with Crippen molar-refractivity contribution in [2.24, 2.45) is 0 Å². The van der Waals surface area contributed by atoms with Crippen LogP contribution in [0, 0.1) is 0 Å². The highest BCUT2D eigenvalue weighted by molar-refractivity contribution is 5.46. The SMILES string of the molecule is C[N+]1(CCO)CC[N+](N2CCNCC2)(C2(N3CCNCC3)NCCCC2N2CCN(c3ccccc3)CC2)CC1. The van der Waals surface area contributed by atoms with Crippen LogP contribution in [0.3, 0.4) is 0 Å². The van der Waals surface area contributed by atoms with Crippen LogP contribution < -0.4 is 20.9 Å². The van der Waals surface area contributed by atoms with Crippen LogP contribution in [-0.4, -0.2) is 172 Å². The number of para-hydroxylation sites is 1. The lowest BCUT2D eigenvalue weighted by atomic mass is 9.90. The van der Waals surface area contributed by atoms with E-state index in [2.05, 4.69) is 73.0 Å². The van der Waals surface area contributed by atoms with E-state index in [1.807, 2.05) is 0 Å². The Morgan fingerprint density at radius 1 is 0.825 bits per heavy atom. The van der Waals surface area contributed by atoms with Gasteiger partial charge in [0.1, 0.15) is 32.7 Å². The molecule has 0 aromatic heterocycles. The summed E-state index contributed by atoms with van der Waals surface area (Å²) in [6.07, 6.45) is 2.51. The standard InChI is InChI=1S/C30H55N9O/c1-38(26-27-40)22-24-39(25-23-38,37-16-12-32-13-17-37)30(36-14-10-31-11-15-36)29(8-5-9-33-30)35-20-18-34(19-21-35)28-6-3-2-4-7-28/h2-4,6-7,29,31-33,40H,5,8-27H2,1H3/q+2. The first-order chi connectivity index (χ1) is 19.6. The van der Waals surface area contributed by atoms with Gasteiger partial charge in [0.25, 0.3) is 0 Å². The van der Waals surface area contributed by atoms with Gasteiger partial charge >= 0.3 is 0 Å². The molecule has 6 rings (SSSR count). The van der Waals surface area contributed by atoms with Crippen LogP contribution in [0.5, 0.6) is 0 Å². The van der Waals surface area contributed by atoms with Gasteiger partial charge < -0.3 is 25.1 Å². The van der Waals surface area contributed by atoms with E-state index in [9.17, 15) is 5.11 Å². The molecule has 5 aliphatic rings. The maximum absolute atomic E-state index is 9.90. The minimum atomic E-state index is -0.128. The lowest BCUT2D eigenvalue weighted by Gasteiger charge is -2.67.